The van der Waals surface area contributed by atoms with Crippen LogP contribution in [-0.4, -0.2) is 19.9 Å². The van der Waals surface area contributed by atoms with Crippen molar-refractivity contribution >= 4 is 49.8 Å². The predicted octanol–water partition coefficient (Wildman–Crippen LogP) is 3.70. The summed E-state index contributed by atoms with van der Waals surface area (Å²) in [5.41, 5.74) is 0.820. The van der Waals surface area contributed by atoms with Crippen LogP contribution in [0.15, 0.2) is 24.3 Å². The van der Waals surface area contributed by atoms with Gasteiger partial charge in [0.1, 0.15) is 17.0 Å². The van der Waals surface area contributed by atoms with Crippen LogP contribution in [0.5, 0.6) is 0 Å². The molecule has 0 amide bonds. The van der Waals surface area contributed by atoms with E-state index in [0.717, 1.165) is 0 Å². The van der Waals surface area contributed by atoms with Gasteiger partial charge >= 0.3 is 0 Å². The highest BCUT2D eigenvalue weighted by Crippen LogP contribution is 2.33. The molecular formula is C12H8ClN5O2S. The highest BCUT2D eigenvalue weighted by Gasteiger charge is 2.15. The molecule has 0 spiro atoms. The van der Waals surface area contributed by atoms with Gasteiger partial charge in [0, 0.05) is 6.07 Å². The van der Waals surface area contributed by atoms with E-state index in [0.29, 0.717) is 27.0 Å². The highest BCUT2D eigenvalue weighted by atomic mass is 35.5. The quantitative estimate of drug-likeness (QED) is 0.449. The van der Waals surface area contributed by atoms with Crippen LogP contribution in [0.3, 0.4) is 0 Å². The van der Waals surface area contributed by atoms with Gasteiger partial charge in [0.25, 0.3) is 5.69 Å². The molecule has 0 saturated heterocycles. The Bertz CT molecular complexity index is 851. The number of benzene rings is 1. The van der Waals surface area contributed by atoms with Crippen molar-refractivity contribution in [1.82, 2.24) is 15.0 Å². The number of rotatable bonds is 3. The Morgan fingerprint density at radius 2 is 2.05 bits per heavy atom. The van der Waals surface area contributed by atoms with E-state index in [1.54, 1.807) is 25.1 Å². The molecule has 106 valence electrons. The summed E-state index contributed by atoms with van der Waals surface area (Å²) in [6.45, 7) is 1.74. The lowest BCUT2D eigenvalue weighted by Crippen LogP contribution is -1.96. The Labute approximate surface area is 127 Å². The summed E-state index contributed by atoms with van der Waals surface area (Å²) in [6, 6.07) is 6.35. The van der Waals surface area contributed by atoms with Gasteiger partial charge in [-0.1, -0.05) is 35.1 Å². The van der Waals surface area contributed by atoms with Crippen LogP contribution in [-0.2, 0) is 0 Å². The number of nitrogens with one attached hydrogen (secondary N) is 1. The Morgan fingerprint density at radius 1 is 1.29 bits per heavy atom. The van der Waals surface area contributed by atoms with Crippen LogP contribution in [0.1, 0.15) is 5.82 Å². The van der Waals surface area contributed by atoms with Gasteiger partial charge in [-0.15, -0.1) is 0 Å². The van der Waals surface area contributed by atoms with Crippen molar-refractivity contribution in [1.29, 1.82) is 0 Å². The molecule has 0 aliphatic heterocycles. The Morgan fingerprint density at radius 3 is 2.81 bits per heavy atom. The first kappa shape index (κ1) is 13.7. The molecule has 7 nitrogen and oxygen atoms in total. The van der Waals surface area contributed by atoms with E-state index in [1.165, 1.54) is 17.4 Å². The summed E-state index contributed by atoms with van der Waals surface area (Å²) in [7, 11) is 0. The van der Waals surface area contributed by atoms with Crippen LogP contribution in [0.25, 0.3) is 10.3 Å². The van der Waals surface area contributed by atoms with Gasteiger partial charge in [-0.05, 0) is 13.0 Å². The Hall–Kier alpha value is -2.32. The number of hydrogen-bond acceptors (Lipinski definition) is 7. The second kappa shape index (κ2) is 5.23. The third-order valence-electron chi connectivity index (χ3n) is 2.67. The van der Waals surface area contributed by atoms with E-state index in [-0.39, 0.29) is 10.8 Å². The van der Waals surface area contributed by atoms with Gasteiger partial charge in [0.2, 0.25) is 0 Å². The largest absolute Gasteiger partial charge is 0.326 e. The summed E-state index contributed by atoms with van der Waals surface area (Å²) in [5.74, 6) is 0.549. The van der Waals surface area contributed by atoms with Crippen molar-refractivity contribution in [2.75, 3.05) is 5.32 Å². The molecule has 0 radical (unpaired) electrons. The normalized spacial score (nSPS) is 10.8. The summed E-state index contributed by atoms with van der Waals surface area (Å²) < 4.78 is 0. The molecule has 0 atom stereocenters. The van der Waals surface area contributed by atoms with Crippen LogP contribution in [0, 0.1) is 17.0 Å². The third kappa shape index (κ3) is 2.63. The van der Waals surface area contributed by atoms with E-state index in [4.69, 9.17) is 11.6 Å². The number of aromatic nitrogens is 3. The Balaban J connectivity index is 2.03. The SMILES string of the molecule is Cc1nc(Cl)c2nc(Nc3ccccc3[N+](=O)[O-])sc2n1. The van der Waals surface area contributed by atoms with Gasteiger partial charge < -0.3 is 5.32 Å². The number of halogens is 1. The standard InChI is InChI=1S/C12H8ClN5O2S/c1-6-14-10(13)9-11(15-6)21-12(17-9)16-7-4-2-3-5-8(7)18(19)20/h2-5H,1H3,(H,16,17). The average Bonchev–Trinajstić information content (AvgIpc) is 2.81. The zero-order valence-electron chi connectivity index (χ0n) is 10.7. The molecular weight excluding hydrogens is 314 g/mol. The number of thiazole rings is 1. The zero-order valence-corrected chi connectivity index (χ0v) is 12.3. The molecule has 3 aromatic rings. The van der Waals surface area contributed by atoms with E-state index in [1.807, 2.05) is 0 Å². The summed E-state index contributed by atoms with van der Waals surface area (Å²) in [5, 5.41) is 14.7. The third-order valence-corrected chi connectivity index (χ3v) is 3.80. The minimum atomic E-state index is -0.452. The van der Waals surface area contributed by atoms with Crippen molar-refractivity contribution in [3.05, 3.63) is 45.4 Å². The first-order chi connectivity index (χ1) is 10.0. The molecule has 0 aliphatic rings. The molecule has 1 aromatic carbocycles. The van der Waals surface area contributed by atoms with Crippen LogP contribution < -0.4 is 5.32 Å². The second-order valence-corrected chi connectivity index (χ2v) is 5.47. The average molecular weight is 322 g/mol. The molecule has 2 aromatic heterocycles. The monoisotopic (exact) mass is 321 g/mol. The number of para-hydroxylation sites is 2. The highest BCUT2D eigenvalue weighted by molar-refractivity contribution is 7.21. The zero-order chi connectivity index (χ0) is 15.0. The number of hydrogen-bond donors (Lipinski definition) is 1. The molecule has 9 heteroatoms. The lowest BCUT2D eigenvalue weighted by Gasteiger charge is -2.02. The lowest BCUT2D eigenvalue weighted by atomic mass is 10.3. The van der Waals surface area contributed by atoms with Gasteiger partial charge in [-0.3, -0.25) is 10.1 Å². The molecule has 2 heterocycles. The molecule has 0 aliphatic carbocycles. The van der Waals surface area contributed by atoms with Gasteiger partial charge in [0.05, 0.1) is 4.92 Å². The minimum Gasteiger partial charge on any atom is -0.326 e. The maximum atomic E-state index is 11.0. The van der Waals surface area contributed by atoms with Gasteiger partial charge in [-0.25, -0.2) is 15.0 Å². The molecule has 0 saturated carbocycles. The van der Waals surface area contributed by atoms with Crippen LogP contribution in [0.4, 0.5) is 16.5 Å². The smallest absolute Gasteiger partial charge is 0.292 e. The molecule has 3 rings (SSSR count). The lowest BCUT2D eigenvalue weighted by molar-refractivity contribution is -0.383. The van der Waals surface area contributed by atoms with Crippen molar-refractivity contribution in [3.63, 3.8) is 0 Å². The maximum absolute atomic E-state index is 11.0. The first-order valence-electron chi connectivity index (χ1n) is 5.85. The number of nitrogens with zero attached hydrogens (tertiary/aromatic N) is 4. The van der Waals surface area contributed by atoms with E-state index in [9.17, 15) is 10.1 Å². The number of aryl methyl sites for hydroxylation is 1. The van der Waals surface area contributed by atoms with Gasteiger partial charge in [-0.2, -0.15) is 0 Å². The summed E-state index contributed by atoms with van der Waals surface area (Å²) >= 11 is 7.28. The van der Waals surface area contributed by atoms with Crippen molar-refractivity contribution in [2.24, 2.45) is 0 Å². The van der Waals surface area contributed by atoms with Gasteiger partial charge in [0.15, 0.2) is 15.1 Å². The number of nitro groups is 1. The fourth-order valence-electron chi connectivity index (χ4n) is 1.80. The predicted molar refractivity (Wildman–Crippen MR) is 81.3 cm³/mol. The van der Waals surface area contributed by atoms with Crippen LogP contribution in [0.2, 0.25) is 5.15 Å². The fraction of sp³-hybridized carbons (Fsp3) is 0.0833. The molecule has 0 bridgehead atoms. The maximum Gasteiger partial charge on any atom is 0.292 e. The number of nitro benzene ring substituents is 1. The molecule has 21 heavy (non-hydrogen) atoms. The van der Waals surface area contributed by atoms with Crippen molar-refractivity contribution < 1.29 is 4.92 Å². The summed E-state index contributed by atoms with van der Waals surface area (Å²) in [4.78, 5) is 23.7. The van der Waals surface area contributed by atoms with E-state index >= 15 is 0 Å². The van der Waals surface area contributed by atoms with Crippen LogP contribution >= 0.6 is 22.9 Å². The van der Waals surface area contributed by atoms with E-state index < -0.39 is 4.92 Å². The van der Waals surface area contributed by atoms with Crippen molar-refractivity contribution in [2.45, 2.75) is 6.92 Å². The number of anilines is 2. The minimum absolute atomic E-state index is 0.0230. The van der Waals surface area contributed by atoms with Crippen molar-refractivity contribution in [3.8, 4) is 0 Å². The summed E-state index contributed by atoms with van der Waals surface area (Å²) in [6.07, 6.45) is 0. The molecule has 0 unspecified atom stereocenters. The first-order valence-corrected chi connectivity index (χ1v) is 7.05. The fourth-order valence-corrected chi connectivity index (χ4v) is 3.00. The second-order valence-electron chi connectivity index (χ2n) is 4.13. The topological polar surface area (TPSA) is 93.8 Å². The molecule has 1 N–H and O–H groups in total. The molecule has 0 fully saturated rings. The van der Waals surface area contributed by atoms with E-state index in [2.05, 4.69) is 20.3 Å². The Kier molecular flexibility index (Phi) is 3.40. The number of fused-ring (bicyclic) bond motifs is 1.